The van der Waals surface area contributed by atoms with Gasteiger partial charge in [-0.3, -0.25) is 0 Å². The molecule has 0 saturated carbocycles. The number of anilines is 2. The third kappa shape index (κ3) is 3.21. The zero-order chi connectivity index (χ0) is 20.6. The van der Waals surface area contributed by atoms with Gasteiger partial charge in [0, 0.05) is 7.05 Å². The number of aromatic hydroxyl groups is 1. The lowest BCUT2D eigenvalue weighted by Crippen LogP contribution is -2.54. The smallest absolute Gasteiger partial charge is 0.411 e. The van der Waals surface area contributed by atoms with Crippen LogP contribution in [0.2, 0.25) is 0 Å². The monoisotopic (exact) mass is 390 g/mol. The second-order valence-electron chi connectivity index (χ2n) is 5.60. The van der Waals surface area contributed by atoms with Crippen LogP contribution in [0.5, 0.6) is 11.5 Å². The third-order valence-corrected chi connectivity index (χ3v) is 4.12. The Morgan fingerprint density at radius 1 is 0.963 bits per heavy atom. The molecule has 11 heteroatoms. The summed E-state index contributed by atoms with van der Waals surface area (Å²) in [6.07, 6.45) is -11.6. The molecule has 0 atom stereocenters. The predicted octanol–water partition coefficient (Wildman–Crippen LogP) is 3.89. The molecule has 2 rings (SSSR count). The van der Waals surface area contributed by atoms with E-state index in [2.05, 4.69) is 9.97 Å². The van der Waals surface area contributed by atoms with Gasteiger partial charge in [-0.2, -0.15) is 26.3 Å². The van der Waals surface area contributed by atoms with Crippen molar-refractivity contribution < 1.29 is 36.1 Å². The average Bonchev–Trinajstić information content (AvgIpc) is 2.54. The summed E-state index contributed by atoms with van der Waals surface area (Å²) in [6.45, 7) is 0. The van der Waals surface area contributed by atoms with Crippen molar-refractivity contribution in [1.29, 1.82) is 0 Å². The zero-order valence-corrected chi connectivity index (χ0v) is 13.7. The van der Waals surface area contributed by atoms with E-state index in [9.17, 15) is 31.4 Å². The number of hydrogen-bond donors (Lipinski definition) is 3. The van der Waals surface area contributed by atoms with Gasteiger partial charge in [-0.1, -0.05) is 12.1 Å². The minimum Gasteiger partial charge on any atom is -0.566 e. The molecule has 0 spiro atoms. The van der Waals surface area contributed by atoms with Crippen molar-refractivity contribution in [2.75, 3.05) is 18.1 Å². The molecule has 0 bridgehead atoms. The van der Waals surface area contributed by atoms with Crippen LogP contribution in [0.25, 0.3) is 0 Å². The quantitative estimate of drug-likeness (QED) is 0.321. The number of alkyl halides is 6. The molecule has 4 nitrogen and oxygen atoms in total. The Kier molecular flexibility index (Phi) is 5.18. The first kappa shape index (κ1) is 20.6. The molecular formula is C16H13BF6N2O2. The Hall–Kier alpha value is -2.72. The van der Waals surface area contributed by atoms with E-state index in [1.54, 1.807) is 0 Å². The molecule has 4 N–H and O–H groups in total. The molecule has 0 aliphatic rings. The number of benzene rings is 2. The minimum absolute atomic E-state index is 0.279. The molecule has 2 radical (unpaired) electrons. The van der Waals surface area contributed by atoms with Gasteiger partial charge in [0.2, 0.25) is 5.41 Å². The Morgan fingerprint density at radius 2 is 1.48 bits per heavy atom. The van der Waals surface area contributed by atoms with Gasteiger partial charge in [0.1, 0.15) is 11.5 Å². The number of hydrogen-bond acceptors (Lipinski definition) is 4. The zero-order valence-electron chi connectivity index (χ0n) is 13.7. The van der Waals surface area contributed by atoms with E-state index in [0.717, 1.165) is 12.1 Å². The number of halogens is 6. The Morgan fingerprint density at radius 3 is 1.93 bits per heavy atom. The van der Waals surface area contributed by atoms with Crippen LogP contribution in [0, 0.1) is 0 Å². The van der Waals surface area contributed by atoms with Gasteiger partial charge in [0.25, 0.3) is 0 Å². The summed E-state index contributed by atoms with van der Waals surface area (Å²) in [5.74, 6) is -0.787. The highest BCUT2D eigenvalue weighted by Crippen LogP contribution is 2.57. The van der Waals surface area contributed by atoms with Crippen molar-refractivity contribution in [3.05, 3.63) is 47.5 Å². The molecule has 2 aromatic rings. The van der Waals surface area contributed by atoms with Gasteiger partial charge >= 0.3 is 20.4 Å². The van der Waals surface area contributed by atoms with Gasteiger partial charge in [0.15, 0.2) is 0 Å². The highest BCUT2D eigenvalue weighted by atomic mass is 19.4. The van der Waals surface area contributed by atoms with Crippen LogP contribution >= 0.6 is 0 Å². The molecule has 2 aromatic carbocycles. The maximum Gasteiger partial charge on any atom is 0.411 e. The lowest BCUT2D eigenvalue weighted by atomic mass is 9.72. The summed E-state index contributed by atoms with van der Waals surface area (Å²) >= 11 is 0. The normalized spacial score (nSPS) is 12.7. The standard InChI is InChI=1S/C16H13BF6N2O2/c1-25-11-7-9(2-4-12(11)26)14(15(18,19)20,16(21,22)23)8-3-5-13(27-17)10(24)6-8/h2-7,25-26H,24H2,1H3. The first-order chi connectivity index (χ1) is 12.4. The van der Waals surface area contributed by atoms with Gasteiger partial charge in [-0.25, -0.2) is 0 Å². The number of nitrogen functional groups attached to an aromatic ring is 1. The molecule has 0 unspecified atom stereocenters. The van der Waals surface area contributed by atoms with Crippen molar-refractivity contribution in [1.82, 2.24) is 0 Å². The van der Waals surface area contributed by atoms with Crippen LogP contribution in [0.4, 0.5) is 37.7 Å². The second kappa shape index (κ2) is 6.78. The molecule has 0 aliphatic carbocycles. The number of nitrogens with one attached hydrogen (secondary N) is 1. The molecule has 0 saturated heterocycles. The highest BCUT2D eigenvalue weighted by molar-refractivity contribution is 6.00. The molecule has 144 valence electrons. The van der Waals surface area contributed by atoms with Crippen LogP contribution < -0.4 is 15.7 Å². The van der Waals surface area contributed by atoms with E-state index in [1.807, 2.05) is 0 Å². The van der Waals surface area contributed by atoms with E-state index in [0.29, 0.717) is 24.3 Å². The Labute approximate surface area is 151 Å². The summed E-state index contributed by atoms with van der Waals surface area (Å²) < 4.78 is 88.3. The van der Waals surface area contributed by atoms with Gasteiger partial charge in [-0.15, -0.1) is 0 Å². The number of nitrogens with two attached hydrogens (primary N) is 1. The first-order valence-electron chi connectivity index (χ1n) is 7.31. The van der Waals surface area contributed by atoms with Crippen LogP contribution in [0.3, 0.4) is 0 Å². The van der Waals surface area contributed by atoms with Gasteiger partial charge < -0.3 is 20.8 Å². The van der Waals surface area contributed by atoms with Crippen molar-refractivity contribution in [2.45, 2.75) is 17.8 Å². The molecule has 0 fully saturated rings. The van der Waals surface area contributed by atoms with Crippen LogP contribution in [-0.4, -0.2) is 32.6 Å². The fourth-order valence-corrected chi connectivity index (χ4v) is 2.84. The summed E-state index contributed by atoms with van der Waals surface area (Å²) in [6, 6.07) is 3.80. The fraction of sp³-hybridized carbons (Fsp3) is 0.250. The molecule has 27 heavy (non-hydrogen) atoms. The van der Waals surface area contributed by atoms with Gasteiger partial charge in [-0.05, 0) is 35.4 Å². The summed E-state index contributed by atoms with van der Waals surface area (Å²) in [7, 11) is 6.13. The molecule has 0 amide bonds. The van der Waals surface area contributed by atoms with Crippen molar-refractivity contribution >= 4 is 19.4 Å². The largest absolute Gasteiger partial charge is 0.566 e. The maximum atomic E-state index is 14.0. The lowest BCUT2D eigenvalue weighted by molar-refractivity contribution is -0.288. The third-order valence-electron chi connectivity index (χ3n) is 4.12. The van der Waals surface area contributed by atoms with Crippen LogP contribution in [0.15, 0.2) is 36.4 Å². The molecule has 0 heterocycles. The Bertz CT molecular complexity index is 825. The van der Waals surface area contributed by atoms with Crippen LogP contribution in [0.1, 0.15) is 11.1 Å². The molecular weight excluding hydrogens is 377 g/mol. The van der Waals surface area contributed by atoms with E-state index < -0.39 is 40.3 Å². The molecule has 0 aromatic heterocycles. The fourth-order valence-electron chi connectivity index (χ4n) is 2.84. The highest BCUT2D eigenvalue weighted by Gasteiger charge is 2.72. The van der Waals surface area contributed by atoms with Crippen molar-refractivity contribution in [3.63, 3.8) is 0 Å². The van der Waals surface area contributed by atoms with Crippen molar-refractivity contribution in [3.8, 4) is 11.5 Å². The Balaban J connectivity index is 2.94. The summed E-state index contributed by atoms with van der Waals surface area (Å²) in [5, 5.41) is 12.0. The SMILES string of the molecule is [B]Oc1ccc(C(c2ccc(O)c(NC)c2)(C(F)(F)F)C(F)(F)F)cc1N. The number of phenols is 1. The van der Waals surface area contributed by atoms with E-state index in [4.69, 9.17) is 13.8 Å². The molecule has 0 aliphatic heterocycles. The van der Waals surface area contributed by atoms with Crippen molar-refractivity contribution in [2.24, 2.45) is 0 Å². The van der Waals surface area contributed by atoms with E-state index in [-0.39, 0.29) is 11.4 Å². The van der Waals surface area contributed by atoms with Gasteiger partial charge in [0.05, 0.1) is 11.4 Å². The van der Waals surface area contributed by atoms with Crippen LogP contribution in [-0.2, 0) is 5.41 Å². The first-order valence-corrected chi connectivity index (χ1v) is 7.31. The predicted molar refractivity (Wildman–Crippen MR) is 87.8 cm³/mol. The minimum atomic E-state index is -5.79. The summed E-state index contributed by atoms with van der Waals surface area (Å²) in [4.78, 5) is 0. The average molecular weight is 390 g/mol. The van der Waals surface area contributed by atoms with E-state index in [1.165, 1.54) is 7.05 Å². The summed E-state index contributed by atoms with van der Waals surface area (Å²) in [5.41, 5.74) is -2.05. The lowest BCUT2D eigenvalue weighted by Gasteiger charge is -2.38. The number of rotatable bonds is 4. The second-order valence-corrected chi connectivity index (χ2v) is 5.60. The number of phenolic OH excluding ortho intramolecular Hbond substituents is 1. The van der Waals surface area contributed by atoms with E-state index >= 15 is 0 Å². The topological polar surface area (TPSA) is 67.5 Å². The maximum absolute atomic E-state index is 14.0.